The molecule has 0 aromatic carbocycles. The zero-order chi connectivity index (χ0) is 14.0. The number of carbonyl (C=O) groups excluding carboxylic acids is 1. The Labute approximate surface area is 114 Å². The number of aromatic nitrogens is 4. The summed E-state index contributed by atoms with van der Waals surface area (Å²) < 4.78 is 6.91. The number of methoxy groups -OCH3 is 1. The summed E-state index contributed by atoms with van der Waals surface area (Å²) in [6, 6.07) is 0. The van der Waals surface area contributed by atoms with Gasteiger partial charge in [-0.25, -0.2) is 9.97 Å². The number of rotatable bonds is 5. The minimum atomic E-state index is -0.393. The number of aryl methyl sites for hydroxylation is 1. The molecule has 2 aromatic rings. The molecule has 1 atom stereocenters. The average Bonchev–Trinajstić information content (AvgIpc) is 2.74. The van der Waals surface area contributed by atoms with E-state index in [1.54, 1.807) is 11.5 Å². The maximum atomic E-state index is 10.9. The van der Waals surface area contributed by atoms with E-state index in [1.807, 2.05) is 0 Å². The fraction of sp³-hybridized carbons (Fsp3) is 0.455. The largest absolute Gasteiger partial charge is 0.479 e. The van der Waals surface area contributed by atoms with E-state index in [0.29, 0.717) is 29.4 Å². The van der Waals surface area contributed by atoms with E-state index in [-0.39, 0.29) is 11.8 Å². The van der Waals surface area contributed by atoms with E-state index in [4.69, 9.17) is 22.1 Å². The van der Waals surface area contributed by atoms with Crippen molar-refractivity contribution in [1.29, 1.82) is 0 Å². The minimum Gasteiger partial charge on any atom is -0.479 e. The topological polar surface area (TPSA) is 95.9 Å². The van der Waals surface area contributed by atoms with Crippen LogP contribution in [-0.4, -0.2) is 32.5 Å². The first kappa shape index (κ1) is 13.5. The third-order valence-electron chi connectivity index (χ3n) is 2.66. The summed E-state index contributed by atoms with van der Waals surface area (Å²) in [6.07, 6.45) is 1.57. The maximum Gasteiger partial charge on any atom is 0.245 e. The Hall–Kier alpha value is -1.89. The second-order valence-corrected chi connectivity index (χ2v) is 4.66. The quantitative estimate of drug-likeness (QED) is 0.826. The molecule has 0 bridgehead atoms. The highest BCUT2D eigenvalue weighted by atomic mass is 35.5. The van der Waals surface area contributed by atoms with Gasteiger partial charge >= 0.3 is 0 Å². The van der Waals surface area contributed by atoms with Crippen LogP contribution in [0.1, 0.15) is 24.5 Å². The maximum absolute atomic E-state index is 10.9. The van der Waals surface area contributed by atoms with Gasteiger partial charge in [-0.2, -0.15) is 4.98 Å². The molecule has 1 amide bonds. The highest BCUT2D eigenvalue weighted by Gasteiger charge is 2.19. The predicted molar refractivity (Wildman–Crippen MR) is 70.0 cm³/mol. The van der Waals surface area contributed by atoms with Crippen LogP contribution in [0.15, 0.2) is 6.33 Å². The number of hydrogen-bond donors (Lipinski definition) is 1. The molecule has 0 saturated heterocycles. The van der Waals surface area contributed by atoms with Crippen molar-refractivity contribution in [2.24, 2.45) is 5.73 Å². The third kappa shape index (κ3) is 2.60. The summed E-state index contributed by atoms with van der Waals surface area (Å²) in [5.41, 5.74) is 6.28. The molecule has 0 spiro atoms. The van der Waals surface area contributed by atoms with Crippen LogP contribution < -0.4 is 10.5 Å². The Morgan fingerprint density at radius 2 is 2.32 bits per heavy atom. The summed E-state index contributed by atoms with van der Waals surface area (Å²) in [5, 5.41) is -0.327. The molecule has 0 aliphatic rings. The first-order valence-corrected chi connectivity index (χ1v) is 6.15. The van der Waals surface area contributed by atoms with Gasteiger partial charge in [0.05, 0.1) is 12.5 Å². The van der Waals surface area contributed by atoms with E-state index in [2.05, 4.69) is 15.0 Å². The first-order chi connectivity index (χ1) is 9.04. The lowest BCUT2D eigenvalue weighted by molar-refractivity contribution is -0.118. The van der Waals surface area contributed by atoms with Gasteiger partial charge in [-0.15, -0.1) is 11.6 Å². The van der Waals surface area contributed by atoms with Crippen LogP contribution in [-0.2, 0) is 11.3 Å². The summed E-state index contributed by atoms with van der Waals surface area (Å²) in [6.45, 7) is 2.17. The van der Waals surface area contributed by atoms with Crippen molar-refractivity contribution in [2.45, 2.75) is 25.3 Å². The molecule has 0 fully saturated rings. The van der Waals surface area contributed by atoms with Gasteiger partial charge in [-0.1, -0.05) is 0 Å². The zero-order valence-corrected chi connectivity index (χ0v) is 11.4. The molecule has 2 aromatic heterocycles. The van der Waals surface area contributed by atoms with Gasteiger partial charge in [-0.05, 0) is 6.92 Å². The molecule has 2 rings (SSSR count). The fourth-order valence-electron chi connectivity index (χ4n) is 1.83. The van der Waals surface area contributed by atoms with E-state index in [9.17, 15) is 4.79 Å². The lowest BCUT2D eigenvalue weighted by Gasteiger charge is -2.08. The van der Waals surface area contributed by atoms with Crippen LogP contribution >= 0.6 is 11.6 Å². The summed E-state index contributed by atoms with van der Waals surface area (Å²) in [5.74, 6) is 0.592. The summed E-state index contributed by atoms with van der Waals surface area (Å²) in [7, 11) is 1.51. The Morgan fingerprint density at radius 1 is 1.58 bits per heavy atom. The smallest absolute Gasteiger partial charge is 0.245 e. The summed E-state index contributed by atoms with van der Waals surface area (Å²) in [4.78, 5) is 23.5. The van der Waals surface area contributed by atoms with Crippen molar-refractivity contribution in [3.63, 3.8) is 0 Å². The van der Waals surface area contributed by atoms with E-state index >= 15 is 0 Å². The van der Waals surface area contributed by atoms with E-state index in [1.165, 1.54) is 13.4 Å². The molecule has 0 aliphatic heterocycles. The standard InChI is InChI=1S/C11H14ClN5O2/c1-6(12)9-16-8-10(14-5-15-11(8)19-2)17(9)4-3-7(13)18/h5-6H,3-4H2,1-2H3,(H2,13,18). The lowest BCUT2D eigenvalue weighted by atomic mass is 10.3. The van der Waals surface area contributed by atoms with Crippen molar-refractivity contribution in [1.82, 2.24) is 19.5 Å². The molecule has 2 N–H and O–H groups in total. The summed E-state index contributed by atoms with van der Waals surface area (Å²) >= 11 is 6.10. The van der Waals surface area contributed by atoms with Gasteiger partial charge in [0.25, 0.3) is 0 Å². The number of imidazole rings is 1. The number of fused-ring (bicyclic) bond motifs is 1. The van der Waals surface area contributed by atoms with Crippen molar-refractivity contribution < 1.29 is 9.53 Å². The molecule has 0 radical (unpaired) electrons. The molecular weight excluding hydrogens is 270 g/mol. The molecule has 2 heterocycles. The molecule has 8 heteroatoms. The number of carbonyl (C=O) groups is 1. The van der Waals surface area contributed by atoms with E-state index in [0.717, 1.165) is 0 Å². The average molecular weight is 284 g/mol. The SMILES string of the molecule is COc1ncnc2c1nc(C(C)Cl)n2CCC(N)=O. The molecule has 0 saturated carbocycles. The highest BCUT2D eigenvalue weighted by Crippen LogP contribution is 2.27. The number of nitrogens with two attached hydrogens (primary N) is 1. The van der Waals surface area contributed by atoms with Gasteiger partial charge in [-0.3, -0.25) is 4.79 Å². The minimum absolute atomic E-state index is 0.189. The lowest BCUT2D eigenvalue weighted by Crippen LogP contribution is -2.15. The van der Waals surface area contributed by atoms with Crippen LogP contribution in [0.2, 0.25) is 0 Å². The Morgan fingerprint density at radius 3 is 2.89 bits per heavy atom. The number of amides is 1. The van der Waals surface area contributed by atoms with Crippen LogP contribution in [0.5, 0.6) is 5.88 Å². The van der Waals surface area contributed by atoms with Gasteiger partial charge < -0.3 is 15.0 Å². The van der Waals surface area contributed by atoms with Crippen molar-refractivity contribution in [3.8, 4) is 5.88 Å². The normalized spacial score (nSPS) is 12.6. The number of primary amides is 1. The number of halogens is 1. The van der Waals surface area contributed by atoms with Gasteiger partial charge in [0, 0.05) is 13.0 Å². The molecule has 19 heavy (non-hydrogen) atoms. The second-order valence-electron chi connectivity index (χ2n) is 4.01. The van der Waals surface area contributed by atoms with Crippen LogP contribution in [0, 0.1) is 0 Å². The van der Waals surface area contributed by atoms with Crippen molar-refractivity contribution >= 4 is 28.7 Å². The highest BCUT2D eigenvalue weighted by molar-refractivity contribution is 6.20. The Kier molecular flexibility index (Phi) is 3.84. The molecular formula is C11H14ClN5O2. The first-order valence-electron chi connectivity index (χ1n) is 5.72. The number of alkyl halides is 1. The monoisotopic (exact) mass is 283 g/mol. The Bertz CT molecular complexity index is 610. The molecule has 1 unspecified atom stereocenters. The van der Waals surface area contributed by atoms with Crippen LogP contribution in [0.3, 0.4) is 0 Å². The van der Waals surface area contributed by atoms with Crippen molar-refractivity contribution in [2.75, 3.05) is 7.11 Å². The zero-order valence-electron chi connectivity index (χ0n) is 10.6. The predicted octanol–water partition coefficient (Wildman–Crippen LogP) is 1.01. The van der Waals surface area contributed by atoms with E-state index < -0.39 is 5.91 Å². The molecule has 0 aliphatic carbocycles. The molecule has 102 valence electrons. The number of nitrogens with zero attached hydrogens (tertiary/aromatic N) is 4. The third-order valence-corrected chi connectivity index (χ3v) is 2.85. The molecule has 7 nitrogen and oxygen atoms in total. The van der Waals surface area contributed by atoms with Gasteiger partial charge in [0.2, 0.25) is 11.8 Å². The number of hydrogen-bond acceptors (Lipinski definition) is 5. The van der Waals surface area contributed by atoms with Gasteiger partial charge in [0.15, 0.2) is 11.2 Å². The van der Waals surface area contributed by atoms with Crippen LogP contribution in [0.25, 0.3) is 11.2 Å². The van der Waals surface area contributed by atoms with Gasteiger partial charge in [0.1, 0.15) is 12.2 Å². The number of ether oxygens (including phenoxy) is 1. The van der Waals surface area contributed by atoms with Crippen molar-refractivity contribution in [3.05, 3.63) is 12.2 Å². The van der Waals surface area contributed by atoms with Crippen LogP contribution in [0.4, 0.5) is 0 Å². The second kappa shape index (κ2) is 5.40. The Balaban J connectivity index is 2.57. The fourth-order valence-corrected chi connectivity index (χ4v) is 1.99.